The number of rotatable bonds is 0. The zero-order valence-corrected chi connectivity index (χ0v) is 9.27. The summed E-state index contributed by atoms with van der Waals surface area (Å²) in [5.41, 5.74) is 0. The predicted molar refractivity (Wildman–Crippen MR) is 57.3 cm³/mol. The highest BCUT2D eigenvalue weighted by molar-refractivity contribution is 7.80. The van der Waals surface area contributed by atoms with Crippen LogP contribution in [0.3, 0.4) is 0 Å². The van der Waals surface area contributed by atoms with Crippen LogP contribution >= 0.6 is 24.4 Å². The van der Waals surface area contributed by atoms with E-state index >= 15 is 0 Å². The minimum atomic E-state index is 0.426. The summed E-state index contributed by atoms with van der Waals surface area (Å²) < 4.78 is 9.04. The van der Waals surface area contributed by atoms with Crippen LogP contribution in [0.2, 0.25) is 0 Å². The molecule has 0 radical (unpaired) electrons. The molecule has 12 heavy (non-hydrogen) atoms. The van der Waals surface area contributed by atoms with Gasteiger partial charge in [0.05, 0.1) is 14.2 Å². The molecule has 0 rings (SSSR count). The Labute approximate surface area is 83.6 Å². The predicted octanol–water partition coefficient (Wildman–Crippen LogP) is 0.274. The summed E-state index contributed by atoms with van der Waals surface area (Å²) >= 11 is 9.05. The number of hydrogen-bond acceptors (Lipinski definition) is 4. The summed E-state index contributed by atoms with van der Waals surface area (Å²) in [6, 6.07) is 0. The van der Waals surface area contributed by atoms with E-state index < -0.39 is 0 Å². The third-order valence-corrected chi connectivity index (χ3v) is 1.52. The second-order valence-electron chi connectivity index (χ2n) is 1.48. The van der Waals surface area contributed by atoms with Crippen LogP contribution in [-0.2, 0) is 9.47 Å². The van der Waals surface area contributed by atoms with Gasteiger partial charge >= 0.3 is 0 Å². The molecule has 72 valence electrons. The highest BCUT2D eigenvalue weighted by Gasteiger charge is 1.78. The highest BCUT2D eigenvalue weighted by Crippen LogP contribution is 1.65. The summed E-state index contributed by atoms with van der Waals surface area (Å²) in [6.45, 7) is 0. The van der Waals surface area contributed by atoms with Gasteiger partial charge < -0.3 is 20.1 Å². The largest absolute Gasteiger partial charge is 0.474 e. The average Bonchev–Trinajstić information content (AvgIpc) is 2.16. The van der Waals surface area contributed by atoms with Crippen molar-refractivity contribution < 1.29 is 9.47 Å². The van der Waals surface area contributed by atoms with Crippen molar-refractivity contribution in [3.05, 3.63) is 0 Å². The van der Waals surface area contributed by atoms with E-state index in [9.17, 15) is 0 Å². The topological polar surface area (TPSA) is 42.5 Å². The molecule has 0 spiro atoms. The van der Waals surface area contributed by atoms with Crippen molar-refractivity contribution in [2.75, 3.05) is 28.3 Å². The second kappa shape index (κ2) is 10.4. The summed E-state index contributed by atoms with van der Waals surface area (Å²) in [6.07, 6.45) is 0. The lowest BCUT2D eigenvalue weighted by molar-refractivity contribution is 0.398. The Bertz CT molecular complexity index is 114. The van der Waals surface area contributed by atoms with Crippen molar-refractivity contribution >= 4 is 34.8 Å². The van der Waals surface area contributed by atoms with Gasteiger partial charge in [-0.25, -0.2) is 0 Å². The standard InChI is InChI=1S/2C3H7NOS/c2*1-4-3(6)5-2/h2*1-2H3,(H,4,6). The van der Waals surface area contributed by atoms with E-state index in [-0.39, 0.29) is 0 Å². The van der Waals surface area contributed by atoms with Crippen molar-refractivity contribution in [2.24, 2.45) is 0 Å². The molecule has 0 atom stereocenters. The van der Waals surface area contributed by atoms with Crippen LogP contribution in [0.4, 0.5) is 0 Å². The van der Waals surface area contributed by atoms with Crippen LogP contribution in [0.1, 0.15) is 0 Å². The Balaban J connectivity index is 0. The van der Waals surface area contributed by atoms with Crippen LogP contribution in [0.15, 0.2) is 0 Å². The van der Waals surface area contributed by atoms with Gasteiger partial charge in [-0.2, -0.15) is 0 Å². The molecule has 0 aromatic carbocycles. The Morgan fingerprint density at radius 3 is 1.17 bits per heavy atom. The van der Waals surface area contributed by atoms with E-state index in [0.717, 1.165) is 0 Å². The van der Waals surface area contributed by atoms with Crippen molar-refractivity contribution in [3.63, 3.8) is 0 Å². The number of thiocarbonyl (C=S) groups is 2. The van der Waals surface area contributed by atoms with Crippen LogP contribution < -0.4 is 10.6 Å². The first-order chi connectivity index (χ1) is 5.62. The van der Waals surface area contributed by atoms with Crippen LogP contribution in [0.25, 0.3) is 0 Å². The molecule has 0 saturated heterocycles. The molecular formula is C6H14N2O2S2. The lowest BCUT2D eigenvalue weighted by atomic mass is 11.1. The Morgan fingerprint density at radius 2 is 1.17 bits per heavy atom. The Hall–Kier alpha value is -0.620. The molecule has 0 fully saturated rings. The average molecular weight is 210 g/mol. The SMILES string of the molecule is CNC(=S)OC.CNC(=S)OC. The fourth-order valence-corrected chi connectivity index (χ4v) is 0.204. The zero-order valence-electron chi connectivity index (χ0n) is 7.63. The zero-order chi connectivity index (χ0) is 9.98. The van der Waals surface area contributed by atoms with E-state index in [4.69, 9.17) is 0 Å². The Kier molecular flexibility index (Phi) is 12.1. The summed E-state index contributed by atoms with van der Waals surface area (Å²) in [7, 11) is 6.48. The van der Waals surface area contributed by atoms with Gasteiger partial charge in [-0.05, 0) is 24.4 Å². The van der Waals surface area contributed by atoms with Crippen LogP contribution in [0, 0.1) is 0 Å². The molecule has 0 aromatic heterocycles. The van der Waals surface area contributed by atoms with E-state index in [0.29, 0.717) is 10.3 Å². The summed E-state index contributed by atoms with van der Waals surface area (Å²) in [4.78, 5) is 0. The van der Waals surface area contributed by atoms with Gasteiger partial charge in [-0.15, -0.1) is 0 Å². The van der Waals surface area contributed by atoms with E-state index in [1.165, 1.54) is 14.2 Å². The second-order valence-corrected chi connectivity index (χ2v) is 2.22. The van der Waals surface area contributed by atoms with Gasteiger partial charge in [0.2, 0.25) is 0 Å². The third kappa shape index (κ3) is 12.1. The van der Waals surface area contributed by atoms with Crippen molar-refractivity contribution in [2.45, 2.75) is 0 Å². The monoisotopic (exact) mass is 210 g/mol. The van der Waals surface area contributed by atoms with Gasteiger partial charge in [0, 0.05) is 14.1 Å². The fraction of sp³-hybridized carbons (Fsp3) is 0.667. The molecular weight excluding hydrogens is 196 g/mol. The van der Waals surface area contributed by atoms with Crippen molar-refractivity contribution in [1.29, 1.82) is 0 Å². The summed E-state index contributed by atoms with van der Waals surface area (Å²) in [5.74, 6) is 0. The maximum atomic E-state index is 4.52. The number of ether oxygens (including phenoxy) is 2. The van der Waals surface area contributed by atoms with E-state index in [2.05, 4.69) is 44.5 Å². The minimum Gasteiger partial charge on any atom is -0.474 e. The molecule has 0 aliphatic rings. The first-order valence-electron chi connectivity index (χ1n) is 3.13. The lowest BCUT2D eigenvalue weighted by Gasteiger charge is -1.95. The molecule has 4 nitrogen and oxygen atoms in total. The molecule has 0 heterocycles. The number of hydrogen-bond donors (Lipinski definition) is 2. The van der Waals surface area contributed by atoms with Gasteiger partial charge in [0.1, 0.15) is 0 Å². The normalized spacial score (nSPS) is 7.00. The number of nitrogens with one attached hydrogen (secondary N) is 2. The van der Waals surface area contributed by atoms with Gasteiger partial charge in [-0.3, -0.25) is 0 Å². The quantitative estimate of drug-likeness (QED) is 0.560. The van der Waals surface area contributed by atoms with Gasteiger partial charge in [-0.1, -0.05) is 0 Å². The molecule has 0 amide bonds. The molecule has 0 aliphatic heterocycles. The maximum absolute atomic E-state index is 4.52. The highest BCUT2D eigenvalue weighted by atomic mass is 32.1. The number of methoxy groups -OCH3 is 2. The van der Waals surface area contributed by atoms with Crippen LogP contribution in [-0.4, -0.2) is 38.7 Å². The van der Waals surface area contributed by atoms with Gasteiger partial charge in [0.15, 0.2) is 0 Å². The first kappa shape index (κ1) is 13.9. The molecule has 0 aliphatic carbocycles. The third-order valence-electron chi connectivity index (χ3n) is 0.779. The van der Waals surface area contributed by atoms with Crippen molar-refractivity contribution in [1.82, 2.24) is 10.6 Å². The van der Waals surface area contributed by atoms with E-state index in [1.54, 1.807) is 14.1 Å². The minimum absolute atomic E-state index is 0.426. The molecule has 0 bridgehead atoms. The van der Waals surface area contributed by atoms with E-state index in [1.807, 2.05) is 0 Å². The lowest BCUT2D eigenvalue weighted by Crippen LogP contribution is -2.16. The molecule has 0 saturated carbocycles. The molecule has 0 aromatic rings. The van der Waals surface area contributed by atoms with Crippen LogP contribution in [0.5, 0.6) is 0 Å². The summed E-state index contributed by atoms with van der Waals surface area (Å²) in [5, 5.41) is 6.10. The maximum Gasteiger partial charge on any atom is 0.256 e. The van der Waals surface area contributed by atoms with Crippen molar-refractivity contribution in [3.8, 4) is 0 Å². The fourth-order valence-electron chi connectivity index (χ4n) is 0.204. The van der Waals surface area contributed by atoms with Gasteiger partial charge in [0.25, 0.3) is 10.3 Å². The molecule has 2 N–H and O–H groups in total. The molecule has 6 heteroatoms. The molecule has 0 unspecified atom stereocenters. The first-order valence-corrected chi connectivity index (χ1v) is 3.95. The smallest absolute Gasteiger partial charge is 0.256 e. The Morgan fingerprint density at radius 1 is 0.917 bits per heavy atom.